The number of aryl methyl sites for hydroxylation is 2. The van der Waals surface area contributed by atoms with Crippen LogP contribution in [0.4, 0.5) is 5.69 Å². The Balaban J connectivity index is 1.74. The van der Waals surface area contributed by atoms with E-state index in [4.69, 9.17) is 11.6 Å². The summed E-state index contributed by atoms with van der Waals surface area (Å²) >= 11 is 6.33. The molecule has 1 unspecified atom stereocenters. The van der Waals surface area contributed by atoms with Crippen LogP contribution >= 0.6 is 11.6 Å². The highest BCUT2D eigenvalue weighted by atomic mass is 35.5. The fourth-order valence-corrected chi connectivity index (χ4v) is 3.80. The monoisotopic (exact) mass is 391 g/mol. The van der Waals surface area contributed by atoms with Gasteiger partial charge in [0.2, 0.25) is 5.91 Å². The molecule has 1 N–H and O–H groups in total. The Kier molecular flexibility index (Phi) is 5.76. The third-order valence-corrected chi connectivity index (χ3v) is 5.24. The van der Waals surface area contributed by atoms with E-state index in [1.807, 2.05) is 29.2 Å². The van der Waals surface area contributed by atoms with E-state index < -0.39 is 4.92 Å². The maximum atomic E-state index is 12.9. The lowest BCUT2D eigenvalue weighted by atomic mass is 10.0. The Morgan fingerprint density at radius 3 is 2.81 bits per heavy atom. The molecule has 0 radical (unpaired) electrons. The summed E-state index contributed by atoms with van der Waals surface area (Å²) in [6.45, 7) is 5.51. The zero-order valence-electron chi connectivity index (χ0n) is 15.3. The van der Waals surface area contributed by atoms with Crippen molar-refractivity contribution in [1.29, 1.82) is 0 Å². The molecule has 1 saturated heterocycles. The molecule has 1 fully saturated rings. The van der Waals surface area contributed by atoms with Crippen LogP contribution in [0.1, 0.15) is 29.4 Å². The minimum atomic E-state index is -0.431. The van der Waals surface area contributed by atoms with E-state index >= 15 is 0 Å². The van der Waals surface area contributed by atoms with Crippen molar-refractivity contribution in [3.8, 4) is 0 Å². The van der Waals surface area contributed by atoms with Gasteiger partial charge in [-0.25, -0.2) is 0 Å². The lowest BCUT2D eigenvalue weighted by molar-refractivity contribution is -0.386. The maximum absolute atomic E-state index is 12.9. The normalized spacial score (nSPS) is 17.1. The van der Waals surface area contributed by atoms with E-state index in [0.717, 1.165) is 12.1 Å². The zero-order chi connectivity index (χ0) is 19.6. The minimum absolute atomic E-state index is 0.0126. The number of nitro groups is 1. The highest BCUT2D eigenvalue weighted by Gasteiger charge is 2.29. The number of aromatic nitrogens is 2. The summed E-state index contributed by atoms with van der Waals surface area (Å²) in [6.07, 6.45) is 0.222. The summed E-state index contributed by atoms with van der Waals surface area (Å²) < 4.78 is 1.54. The molecular weight excluding hydrogens is 370 g/mol. The van der Waals surface area contributed by atoms with E-state index in [-0.39, 0.29) is 24.1 Å². The van der Waals surface area contributed by atoms with Gasteiger partial charge in [0.05, 0.1) is 17.5 Å². The van der Waals surface area contributed by atoms with Crippen molar-refractivity contribution < 1.29 is 9.72 Å². The van der Waals surface area contributed by atoms with E-state index in [9.17, 15) is 14.9 Å². The molecule has 0 spiro atoms. The number of halogens is 1. The number of amides is 1. The average Bonchev–Trinajstić information content (AvgIpc) is 2.93. The van der Waals surface area contributed by atoms with Crippen molar-refractivity contribution >= 4 is 23.2 Å². The maximum Gasteiger partial charge on any atom is 0.312 e. The van der Waals surface area contributed by atoms with Crippen LogP contribution in [0.3, 0.4) is 0 Å². The van der Waals surface area contributed by atoms with Crippen LogP contribution in [-0.2, 0) is 11.3 Å². The first kappa shape index (κ1) is 19.3. The van der Waals surface area contributed by atoms with Crippen LogP contribution in [-0.4, -0.2) is 45.1 Å². The summed E-state index contributed by atoms with van der Waals surface area (Å²) in [5.41, 5.74) is 1.76. The fraction of sp³-hybridized carbons (Fsp3) is 0.444. The van der Waals surface area contributed by atoms with E-state index in [0.29, 0.717) is 36.0 Å². The number of hydrogen-bond acceptors (Lipinski definition) is 5. The van der Waals surface area contributed by atoms with Crippen LogP contribution in [0.2, 0.25) is 5.02 Å². The van der Waals surface area contributed by atoms with Gasteiger partial charge in [-0.2, -0.15) is 5.10 Å². The van der Waals surface area contributed by atoms with Gasteiger partial charge in [0.1, 0.15) is 11.4 Å². The molecule has 1 aliphatic rings. The Morgan fingerprint density at radius 2 is 2.15 bits per heavy atom. The second-order valence-electron chi connectivity index (χ2n) is 6.58. The lowest BCUT2D eigenvalue weighted by Crippen LogP contribution is -2.49. The van der Waals surface area contributed by atoms with Crippen LogP contribution in [0.5, 0.6) is 0 Å². The van der Waals surface area contributed by atoms with E-state index in [2.05, 4.69) is 10.4 Å². The van der Waals surface area contributed by atoms with Crippen LogP contribution in [0, 0.1) is 24.0 Å². The summed E-state index contributed by atoms with van der Waals surface area (Å²) in [6, 6.07) is 7.40. The standard InChI is InChI=1S/C18H22ClN5O3/c1-12-18(24(26)27)13(2)23(21-12)9-7-17(25)22-10-8-20-11-16(22)14-5-3-4-6-15(14)19/h3-6,16,20H,7-11H2,1-2H3. The molecule has 0 saturated carbocycles. The van der Waals surface area contributed by atoms with Crippen molar-refractivity contribution in [2.24, 2.45) is 0 Å². The molecule has 8 nitrogen and oxygen atoms in total. The molecule has 3 rings (SSSR count). The van der Waals surface area contributed by atoms with E-state index in [1.54, 1.807) is 13.8 Å². The molecule has 1 aromatic heterocycles. The second kappa shape index (κ2) is 8.06. The minimum Gasteiger partial charge on any atom is -0.333 e. The Bertz CT molecular complexity index is 867. The van der Waals surface area contributed by atoms with Gasteiger partial charge < -0.3 is 10.2 Å². The SMILES string of the molecule is Cc1nn(CCC(=O)N2CCNCC2c2ccccc2Cl)c(C)c1[N+](=O)[O-]. The smallest absolute Gasteiger partial charge is 0.312 e. The molecule has 0 bridgehead atoms. The molecule has 27 heavy (non-hydrogen) atoms. The number of rotatable bonds is 5. The molecule has 2 aromatic rings. The van der Waals surface area contributed by atoms with Crippen molar-refractivity contribution in [2.45, 2.75) is 32.9 Å². The third kappa shape index (κ3) is 3.96. The summed E-state index contributed by atoms with van der Waals surface area (Å²) in [4.78, 5) is 25.4. The predicted molar refractivity (Wildman–Crippen MR) is 102 cm³/mol. The van der Waals surface area contributed by atoms with Crippen LogP contribution in [0.25, 0.3) is 0 Å². The third-order valence-electron chi connectivity index (χ3n) is 4.89. The number of piperazine rings is 1. The van der Waals surface area contributed by atoms with Crippen molar-refractivity contribution in [2.75, 3.05) is 19.6 Å². The first-order chi connectivity index (χ1) is 12.9. The summed E-state index contributed by atoms with van der Waals surface area (Å²) in [5.74, 6) is -0.0170. The largest absolute Gasteiger partial charge is 0.333 e. The molecule has 1 aromatic carbocycles. The number of hydrogen-bond donors (Lipinski definition) is 1. The zero-order valence-corrected chi connectivity index (χ0v) is 16.1. The van der Waals surface area contributed by atoms with Gasteiger partial charge in [0, 0.05) is 31.1 Å². The van der Waals surface area contributed by atoms with E-state index in [1.165, 1.54) is 4.68 Å². The van der Waals surface area contributed by atoms with Crippen molar-refractivity contribution in [1.82, 2.24) is 20.0 Å². The quantitative estimate of drug-likeness (QED) is 0.624. The van der Waals surface area contributed by atoms with Gasteiger partial charge in [0.15, 0.2) is 0 Å². The number of benzene rings is 1. The van der Waals surface area contributed by atoms with Crippen molar-refractivity contribution in [3.05, 3.63) is 56.4 Å². The number of carbonyl (C=O) groups is 1. The molecule has 9 heteroatoms. The van der Waals surface area contributed by atoms with Gasteiger partial charge in [-0.05, 0) is 25.5 Å². The Labute approximate surface area is 162 Å². The van der Waals surface area contributed by atoms with Crippen molar-refractivity contribution in [3.63, 3.8) is 0 Å². The van der Waals surface area contributed by atoms with Gasteiger partial charge in [-0.3, -0.25) is 19.6 Å². The fourth-order valence-electron chi connectivity index (χ4n) is 3.54. The molecular formula is C18H22ClN5O3. The molecule has 1 amide bonds. The highest BCUT2D eigenvalue weighted by molar-refractivity contribution is 6.31. The lowest BCUT2D eigenvalue weighted by Gasteiger charge is -2.37. The Hall–Kier alpha value is -2.45. The van der Waals surface area contributed by atoms with Crippen LogP contribution < -0.4 is 5.32 Å². The molecule has 2 heterocycles. The highest BCUT2D eigenvalue weighted by Crippen LogP contribution is 2.29. The topological polar surface area (TPSA) is 93.3 Å². The first-order valence-electron chi connectivity index (χ1n) is 8.83. The van der Waals surface area contributed by atoms with Gasteiger partial charge in [-0.1, -0.05) is 29.8 Å². The average molecular weight is 392 g/mol. The van der Waals surface area contributed by atoms with Crippen LogP contribution in [0.15, 0.2) is 24.3 Å². The molecule has 144 valence electrons. The first-order valence-corrected chi connectivity index (χ1v) is 9.21. The number of carbonyl (C=O) groups excluding carboxylic acids is 1. The molecule has 1 aliphatic heterocycles. The summed E-state index contributed by atoms with van der Waals surface area (Å²) in [7, 11) is 0. The number of nitrogens with zero attached hydrogens (tertiary/aromatic N) is 4. The molecule has 1 atom stereocenters. The van der Waals surface area contributed by atoms with Gasteiger partial charge in [0.25, 0.3) is 0 Å². The second-order valence-corrected chi connectivity index (χ2v) is 6.99. The van der Waals surface area contributed by atoms with Gasteiger partial charge in [-0.15, -0.1) is 0 Å². The predicted octanol–water partition coefficient (Wildman–Crippen LogP) is 2.62. The number of nitrogens with one attached hydrogen (secondary N) is 1. The molecule has 0 aliphatic carbocycles. The van der Waals surface area contributed by atoms with Gasteiger partial charge >= 0.3 is 5.69 Å². The Morgan fingerprint density at radius 1 is 1.41 bits per heavy atom. The summed E-state index contributed by atoms with van der Waals surface area (Å²) in [5, 5.41) is 19.3.